The Hall–Kier alpha value is -0.120. The summed E-state index contributed by atoms with van der Waals surface area (Å²) in [5, 5.41) is 3.59. The molecule has 3 heteroatoms. The van der Waals surface area contributed by atoms with Crippen LogP contribution in [0.5, 0.6) is 0 Å². The second-order valence-electron chi connectivity index (χ2n) is 5.41. The van der Waals surface area contributed by atoms with Gasteiger partial charge >= 0.3 is 0 Å². The lowest BCUT2D eigenvalue weighted by Gasteiger charge is -2.52. The first-order valence-corrected chi connectivity index (χ1v) is 6.52. The van der Waals surface area contributed by atoms with Crippen molar-refractivity contribution in [1.29, 1.82) is 0 Å². The molecular formula is C12H23N3. The standard InChI is InChI=1S/C12H23N3/c1-13-12(10-3-2-4-10)11-9-14-5-7-15(11)8-6-14/h10-13H,2-9H2,1H3. The van der Waals surface area contributed by atoms with Gasteiger partial charge in [-0.3, -0.25) is 9.80 Å². The summed E-state index contributed by atoms with van der Waals surface area (Å²) < 4.78 is 0. The normalized spacial score (nSPS) is 42.6. The molecule has 86 valence electrons. The van der Waals surface area contributed by atoms with Gasteiger partial charge in [-0.2, -0.15) is 0 Å². The SMILES string of the molecule is CNC(C1CCC1)C1CN2CCN1CC2. The van der Waals surface area contributed by atoms with Crippen LogP contribution >= 0.6 is 0 Å². The largest absolute Gasteiger partial charge is 0.315 e. The third-order valence-corrected chi connectivity index (χ3v) is 4.73. The quantitative estimate of drug-likeness (QED) is 0.725. The summed E-state index contributed by atoms with van der Waals surface area (Å²) in [6.45, 7) is 6.52. The van der Waals surface area contributed by atoms with Gasteiger partial charge in [-0.1, -0.05) is 6.42 Å². The molecule has 3 nitrogen and oxygen atoms in total. The molecule has 1 saturated carbocycles. The van der Waals surface area contributed by atoms with Crippen LogP contribution in [0.2, 0.25) is 0 Å². The molecule has 1 aliphatic carbocycles. The van der Waals surface area contributed by atoms with Crippen molar-refractivity contribution in [3.05, 3.63) is 0 Å². The van der Waals surface area contributed by atoms with Crippen LogP contribution in [0.25, 0.3) is 0 Å². The van der Waals surface area contributed by atoms with Crippen LogP contribution in [-0.2, 0) is 0 Å². The van der Waals surface area contributed by atoms with Crippen molar-refractivity contribution in [2.24, 2.45) is 5.92 Å². The van der Waals surface area contributed by atoms with Gasteiger partial charge in [0.1, 0.15) is 0 Å². The van der Waals surface area contributed by atoms with E-state index in [0.717, 1.165) is 18.0 Å². The Morgan fingerprint density at radius 2 is 1.87 bits per heavy atom. The number of hydrogen-bond donors (Lipinski definition) is 1. The number of nitrogens with zero attached hydrogens (tertiary/aromatic N) is 2. The first kappa shape index (κ1) is 10.1. The van der Waals surface area contributed by atoms with Crippen LogP contribution in [0.4, 0.5) is 0 Å². The summed E-state index contributed by atoms with van der Waals surface area (Å²) in [4.78, 5) is 5.37. The van der Waals surface area contributed by atoms with Gasteiger partial charge in [0.25, 0.3) is 0 Å². The van der Waals surface area contributed by atoms with Crippen molar-refractivity contribution in [2.45, 2.75) is 31.3 Å². The zero-order valence-electron chi connectivity index (χ0n) is 9.78. The molecule has 3 aliphatic heterocycles. The van der Waals surface area contributed by atoms with Gasteiger partial charge in [-0.15, -0.1) is 0 Å². The van der Waals surface area contributed by atoms with E-state index in [0.29, 0.717) is 0 Å². The average Bonchev–Trinajstić information content (AvgIpc) is 2.24. The highest BCUT2D eigenvalue weighted by molar-refractivity contribution is 4.98. The molecule has 4 aliphatic rings. The second-order valence-corrected chi connectivity index (χ2v) is 5.41. The minimum Gasteiger partial charge on any atom is -0.315 e. The van der Waals surface area contributed by atoms with E-state index < -0.39 is 0 Å². The summed E-state index contributed by atoms with van der Waals surface area (Å²) in [5.41, 5.74) is 0. The number of nitrogens with one attached hydrogen (secondary N) is 1. The van der Waals surface area contributed by atoms with Crippen molar-refractivity contribution in [2.75, 3.05) is 39.8 Å². The molecule has 0 aromatic heterocycles. The molecule has 2 bridgehead atoms. The van der Waals surface area contributed by atoms with Crippen LogP contribution in [0.3, 0.4) is 0 Å². The third-order valence-electron chi connectivity index (χ3n) is 4.73. The first-order chi connectivity index (χ1) is 7.38. The van der Waals surface area contributed by atoms with Gasteiger partial charge < -0.3 is 5.32 Å². The second kappa shape index (κ2) is 4.04. The molecule has 0 aromatic carbocycles. The van der Waals surface area contributed by atoms with Gasteiger partial charge in [-0.25, -0.2) is 0 Å². The number of rotatable bonds is 3. The Bertz CT molecular complexity index is 219. The fraction of sp³-hybridized carbons (Fsp3) is 1.00. The van der Waals surface area contributed by atoms with Crippen LogP contribution in [0.1, 0.15) is 19.3 Å². The zero-order chi connectivity index (χ0) is 10.3. The number of hydrogen-bond acceptors (Lipinski definition) is 3. The third kappa shape index (κ3) is 1.71. The van der Waals surface area contributed by atoms with E-state index in [-0.39, 0.29) is 0 Å². The lowest BCUT2D eigenvalue weighted by Crippen LogP contribution is -2.67. The highest BCUT2D eigenvalue weighted by atomic mass is 15.4. The van der Waals surface area contributed by atoms with E-state index >= 15 is 0 Å². The monoisotopic (exact) mass is 209 g/mol. The maximum absolute atomic E-state index is 3.59. The average molecular weight is 209 g/mol. The maximum Gasteiger partial charge on any atom is 0.0380 e. The van der Waals surface area contributed by atoms with Gasteiger partial charge in [0.15, 0.2) is 0 Å². The molecule has 15 heavy (non-hydrogen) atoms. The summed E-state index contributed by atoms with van der Waals surface area (Å²) in [7, 11) is 2.15. The van der Waals surface area contributed by atoms with E-state index in [1.54, 1.807) is 0 Å². The van der Waals surface area contributed by atoms with Crippen molar-refractivity contribution in [3.63, 3.8) is 0 Å². The van der Waals surface area contributed by atoms with Crippen molar-refractivity contribution < 1.29 is 0 Å². The molecule has 3 heterocycles. The summed E-state index contributed by atoms with van der Waals surface area (Å²) in [6.07, 6.45) is 4.37. The topological polar surface area (TPSA) is 18.5 Å². The lowest BCUT2D eigenvalue weighted by atomic mass is 9.76. The Morgan fingerprint density at radius 1 is 1.13 bits per heavy atom. The summed E-state index contributed by atoms with van der Waals surface area (Å²) >= 11 is 0. The van der Waals surface area contributed by atoms with E-state index in [1.165, 1.54) is 52.0 Å². The summed E-state index contributed by atoms with van der Waals surface area (Å²) in [6, 6.07) is 1.55. The lowest BCUT2D eigenvalue weighted by molar-refractivity contribution is -0.0193. The highest BCUT2D eigenvalue weighted by Gasteiger charge is 2.40. The Labute approximate surface area is 92.8 Å². The molecule has 4 fully saturated rings. The van der Waals surface area contributed by atoms with Crippen LogP contribution in [0, 0.1) is 5.92 Å². The molecule has 0 amide bonds. The number of fused-ring (bicyclic) bond motifs is 3. The molecule has 3 saturated heterocycles. The Balaban J connectivity index is 1.68. The Kier molecular flexibility index (Phi) is 2.71. The van der Waals surface area contributed by atoms with Crippen LogP contribution in [-0.4, -0.2) is 61.7 Å². The van der Waals surface area contributed by atoms with Gasteiger partial charge in [0, 0.05) is 44.8 Å². The maximum atomic E-state index is 3.59. The predicted molar refractivity (Wildman–Crippen MR) is 62.0 cm³/mol. The van der Waals surface area contributed by atoms with Crippen molar-refractivity contribution in [3.8, 4) is 0 Å². The zero-order valence-corrected chi connectivity index (χ0v) is 9.78. The molecular weight excluding hydrogens is 186 g/mol. The smallest absolute Gasteiger partial charge is 0.0380 e. The number of likely N-dealkylation sites (N-methyl/N-ethyl adjacent to an activating group) is 1. The molecule has 1 N–H and O–H groups in total. The number of piperazine rings is 3. The molecule has 0 radical (unpaired) electrons. The molecule has 0 spiro atoms. The predicted octanol–water partition coefficient (Wildman–Crippen LogP) is 0.374. The minimum absolute atomic E-state index is 0.752. The highest BCUT2D eigenvalue weighted by Crippen LogP contribution is 2.33. The Morgan fingerprint density at radius 3 is 2.27 bits per heavy atom. The fourth-order valence-corrected chi connectivity index (χ4v) is 3.54. The van der Waals surface area contributed by atoms with E-state index in [1.807, 2.05) is 0 Å². The van der Waals surface area contributed by atoms with Gasteiger partial charge in [-0.05, 0) is 25.8 Å². The van der Waals surface area contributed by atoms with Gasteiger partial charge in [0.2, 0.25) is 0 Å². The molecule has 2 atom stereocenters. The van der Waals surface area contributed by atoms with E-state index in [4.69, 9.17) is 0 Å². The summed E-state index contributed by atoms with van der Waals surface area (Å²) in [5.74, 6) is 0.959. The van der Waals surface area contributed by atoms with E-state index in [2.05, 4.69) is 22.2 Å². The van der Waals surface area contributed by atoms with Crippen molar-refractivity contribution >= 4 is 0 Å². The molecule has 0 aromatic rings. The minimum atomic E-state index is 0.752. The van der Waals surface area contributed by atoms with Crippen LogP contribution in [0.15, 0.2) is 0 Å². The molecule has 4 rings (SSSR count). The molecule has 2 unspecified atom stereocenters. The van der Waals surface area contributed by atoms with Crippen molar-refractivity contribution in [1.82, 2.24) is 15.1 Å². The van der Waals surface area contributed by atoms with Crippen LogP contribution < -0.4 is 5.32 Å². The first-order valence-electron chi connectivity index (χ1n) is 6.52. The fourth-order valence-electron chi connectivity index (χ4n) is 3.54. The van der Waals surface area contributed by atoms with Gasteiger partial charge in [0.05, 0.1) is 0 Å². The van der Waals surface area contributed by atoms with E-state index in [9.17, 15) is 0 Å².